The van der Waals surface area contributed by atoms with Gasteiger partial charge in [0.1, 0.15) is 0 Å². The number of methoxy groups -OCH3 is 1. The smallest absolute Gasteiger partial charge is 0.387 e. The summed E-state index contributed by atoms with van der Waals surface area (Å²) in [6.07, 6.45) is 3.00. The van der Waals surface area contributed by atoms with Crippen molar-refractivity contribution in [2.45, 2.75) is 25.9 Å². The predicted octanol–water partition coefficient (Wildman–Crippen LogP) is 2.51. The van der Waals surface area contributed by atoms with E-state index in [1.165, 1.54) is 19.2 Å². The van der Waals surface area contributed by atoms with Gasteiger partial charge in [-0.05, 0) is 43.4 Å². The number of alkyl halides is 2. The first-order valence-corrected chi connectivity index (χ1v) is 8.16. The van der Waals surface area contributed by atoms with Gasteiger partial charge in [0, 0.05) is 19.6 Å². The number of nitrogens with zero attached hydrogens (tertiary/aromatic N) is 1. The van der Waals surface area contributed by atoms with Crippen molar-refractivity contribution in [3.05, 3.63) is 23.8 Å². The Morgan fingerprint density at radius 3 is 2.62 bits per heavy atom. The van der Waals surface area contributed by atoms with Gasteiger partial charge in [-0.15, -0.1) is 0 Å². The summed E-state index contributed by atoms with van der Waals surface area (Å²) in [4.78, 5) is 14.5. The normalized spacial score (nSPS) is 19.8. The van der Waals surface area contributed by atoms with Crippen LogP contribution < -0.4 is 14.8 Å². The highest BCUT2D eigenvalue weighted by molar-refractivity contribution is 5.97. The lowest BCUT2D eigenvalue weighted by atomic mass is 9.78. The average molecular weight is 340 g/mol. The second-order valence-electron chi connectivity index (χ2n) is 6.43. The van der Waals surface area contributed by atoms with E-state index in [-0.39, 0.29) is 28.4 Å². The summed E-state index contributed by atoms with van der Waals surface area (Å²) in [6, 6.07) is 4.62. The average Bonchev–Trinajstić information content (AvgIpc) is 3.03. The summed E-state index contributed by atoms with van der Waals surface area (Å²) in [5.41, 5.74) is 0.406. The lowest BCUT2D eigenvalue weighted by Crippen LogP contribution is -2.44. The fraction of sp³-hybridized carbons (Fsp3) is 0.588. The molecule has 0 atom stereocenters. The van der Waals surface area contributed by atoms with Crippen molar-refractivity contribution in [1.29, 1.82) is 0 Å². The Morgan fingerprint density at radius 1 is 1.29 bits per heavy atom. The molecule has 1 spiro atoms. The first-order chi connectivity index (χ1) is 11.5. The predicted molar refractivity (Wildman–Crippen MR) is 84.7 cm³/mol. The third kappa shape index (κ3) is 3.31. The van der Waals surface area contributed by atoms with E-state index in [0.717, 1.165) is 32.4 Å². The van der Waals surface area contributed by atoms with Crippen molar-refractivity contribution in [3.63, 3.8) is 0 Å². The molecule has 132 valence electrons. The van der Waals surface area contributed by atoms with Crippen LogP contribution in [0.4, 0.5) is 8.78 Å². The molecule has 0 aromatic heterocycles. The summed E-state index contributed by atoms with van der Waals surface area (Å²) in [6.45, 7) is 0.268. The van der Waals surface area contributed by atoms with Crippen LogP contribution in [0.2, 0.25) is 0 Å². The zero-order chi connectivity index (χ0) is 17.2. The van der Waals surface area contributed by atoms with Crippen LogP contribution in [-0.2, 0) is 0 Å². The van der Waals surface area contributed by atoms with Crippen molar-refractivity contribution in [2.75, 3.05) is 33.3 Å². The van der Waals surface area contributed by atoms with E-state index in [4.69, 9.17) is 4.74 Å². The molecule has 0 aliphatic carbocycles. The molecule has 0 bridgehead atoms. The maximum atomic E-state index is 12.8. The summed E-state index contributed by atoms with van der Waals surface area (Å²) in [5, 5.41) is 3.38. The Bertz CT molecular complexity index is 593. The molecule has 7 heteroatoms. The molecule has 2 aliphatic heterocycles. The molecular formula is C17H22F2N2O3. The molecule has 2 aliphatic rings. The minimum atomic E-state index is -3.01. The molecule has 0 unspecified atom stereocenters. The van der Waals surface area contributed by atoms with E-state index >= 15 is 0 Å². The Hall–Kier alpha value is -1.89. The van der Waals surface area contributed by atoms with Crippen LogP contribution >= 0.6 is 0 Å². The van der Waals surface area contributed by atoms with E-state index < -0.39 is 6.61 Å². The second kappa shape index (κ2) is 6.93. The monoisotopic (exact) mass is 340 g/mol. The third-order valence-electron chi connectivity index (χ3n) is 5.08. The van der Waals surface area contributed by atoms with E-state index in [2.05, 4.69) is 10.1 Å². The zero-order valence-electron chi connectivity index (χ0n) is 13.7. The first kappa shape index (κ1) is 17.0. The molecule has 0 saturated carbocycles. The quantitative estimate of drug-likeness (QED) is 0.915. The number of para-hydroxylation sites is 1. The molecule has 1 aromatic carbocycles. The Labute approximate surface area is 139 Å². The summed E-state index contributed by atoms with van der Waals surface area (Å²) in [5.74, 6) is -0.345. The molecular weight excluding hydrogens is 318 g/mol. The molecule has 2 fully saturated rings. The van der Waals surface area contributed by atoms with Crippen LogP contribution in [0.1, 0.15) is 29.6 Å². The standard InChI is InChI=1S/C17H22F2N2O3/c1-23-13-4-2-3-12(14(13)24-16(18)19)15(22)21-9-6-17(7-10-21)5-8-20-11-17/h2-4,16,20H,5-11H2,1H3. The molecule has 3 rings (SSSR count). The Balaban J connectivity index is 1.77. The number of halogens is 2. The van der Waals surface area contributed by atoms with Gasteiger partial charge in [0.15, 0.2) is 11.5 Å². The fourth-order valence-corrected chi connectivity index (χ4v) is 3.63. The molecule has 24 heavy (non-hydrogen) atoms. The number of hydrogen-bond donors (Lipinski definition) is 1. The second-order valence-corrected chi connectivity index (χ2v) is 6.43. The molecule has 1 N–H and O–H groups in total. The van der Waals surface area contributed by atoms with Crippen molar-refractivity contribution < 1.29 is 23.0 Å². The number of nitrogens with one attached hydrogen (secondary N) is 1. The number of amides is 1. The minimum Gasteiger partial charge on any atom is -0.493 e. The highest BCUT2D eigenvalue weighted by Gasteiger charge is 2.38. The van der Waals surface area contributed by atoms with Gasteiger partial charge in [0.2, 0.25) is 0 Å². The van der Waals surface area contributed by atoms with Gasteiger partial charge >= 0.3 is 6.61 Å². The topological polar surface area (TPSA) is 50.8 Å². The van der Waals surface area contributed by atoms with E-state index in [9.17, 15) is 13.6 Å². The number of piperidine rings is 1. The molecule has 1 amide bonds. The summed E-state index contributed by atoms with van der Waals surface area (Å²) in [7, 11) is 1.36. The number of rotatable bonds is 4. The van der Waals surface area contributed by atoms with Crippen LogP contribution in [0.25, 0.3) is 0 Å². The van der Waals surface area contributed by atoms with Crippen molar-refractivity contribution in [3.8, 4) is 11.5 Å². The van der Waals surface area contributed by atoms with Gasteiger partial charge in [0.05, 0.1) is 12.7 Å². The Kier molecular flexibility index (Phi) is 4.89. The first-order valence-electron chi connectivity index (χ1n) is 8.16. The zero-order valence-corrected chi connectivity index (χ0v) is 13.7. The summed E-state index contributed by atoms with van der Waals surface area (Å²) >= 11 is 0. The van der Waals surface area contributed by atoms with Crippen molar-refractivity contribution in [2.24, 2.45) is 5.41 Å². The maximum absolute atomic E-state index is 12.8. The fourth-order valence-electron chi connectivity index (χ4n) is 3.63. The molecule has 2 heterocycles. The van der Waals surface area contributed by atoms with Gasteiger partial charge in [0.25, 0.3) is 5.91 Å². The molecule has 1 aromatic rings. The van der Waals surface area contributed by atoms with Crippen LogP contribution in [-0.4, -0.2) is 50.7 Å². The lowest BCUT2D eigenvalue weighted by molar-refractivity contribution is -0.0517. The minimum absolute atomic E-state index is 0.121. The highest BCUT2D eigenvalue weighted by atomic mass is 19.3. The van der Waals surface area contributed by atoms with E-state index in [0.29, 0.717) is 13.1 Å². The molecule has 2 saturated heterocycles. The van der Waals surface area contributed by atoms with E-state index in [1.54, 1.807) is 11.0 Å². The van der Waals surface area contributed by atoms with Crippen molar-refractivity contribution >= 4 is 5.91 Å². The maximum Gasteiger partial charge on any atom is 0.387 e. The SMILES string of the molecule is COc1cccc(C(=O)N2CCC3(CCNC3)CC2)c1OC(F)F. The molecule has 5 nitrogen and oxygen atoms in total. The van der Waals surface area contributed by atoms with E-state index in [1.807, 2.05) is 0 Å². The van der Waals surface area contributed by atoms with Crippen LogP contribution in [0, 0.1) is 5.41 Å². The number of likely N-dealkylation sites (tertiary alicyclic amines) is 1. The van der Waals surface area contributed by atoms with Gasteiger partial charge in [-0.1, -0.05) is 6.07 Å². The van der Waals surface area contributed by atoms with Crippen LogP contribution in [0.5, 0.6) is 11.5 Å². The largest absolute Gasteiger partial charge is 0.493 e. The number of hydrogen-bond acceptors (Lipinski definition) is 4. The van der Waals surface area contributed by atoms with Gasteiger partial charge in [-0.2, -0.15) is 8.78 Å². The lowest BCUT2D eigenvalue weighted by Gasteiger charge is -2.39. The third-order valence-corrected chi connectivity index (χ3v) is 5.08. The van der Waals surface area contributed by atoms with Crippen LogP contribution in [0.3, 0.4) is 0 Å². The number of carbonyl (C=O) groups excluding carboxylic acids is 1. The number of carbonyl (C=O) groups is 1. The number of benzene rings is 1. The van der Waals surface area contributed by atoms with Gasteiger partial charge in [-0.3, -0.25) is 4.79 Å². The van der Waals surface area contributed by atoms with Gasteiger partial charge in [-0.25, -0.2) is 0 Å². The number of ether oxygens (including phenoxy) is 2. The Morgan fingerprint density at radius 2 is 2.04 bits per heavy atom. The summed E-state index contributed by atoms with van der Waals surface area (Å²) < 4.78 is 35.0. The molecule has 0 radical (unpaired) electrons. The van der Waals surface area contributed by atoms with Crippen molar-refractivity contribution in [1.82, 2.24) is 10.2 Å². The van der Waals surface area contributed by atoms with Crippen LogP contribution in [0.15, 0.2) is 18.2 Å². The highest BCUT2D eigenvalue weighted by Crippen LogP contribution is 2.38. The van der Waals surface area contributed by atoms with Gasteiger partial charge < -0.3 is 19.7 Å².